The molecular formula is C15H11Cl2N3O2. The molecule has 0 bridgehead atoms. The van der Waals surface area contributed by atoms with Gasteiger partial charge < -0.3 is 4.74 Å². The van der Waals surface area contributed by atoms with E-state index in [2.05, 4.69) is 9.97 Å². The van der Waals surface area contributed by atoms with Gasteiger partial charge in [-0.25, -0.2) is 9.97 Å². The lowest BCUT2D eigenvalue weighted by atomic mass is 10.2. The molecule has 0 atom stereocenters. The molecule has 0 aliphatic carbocycles. The van der Waals surface area contributed by atoms with Crippen LogP contribution in [0.25, 0.3) is 10.9 Å². The summed E-state index contributed by atoms with van der Waals surface area (Å²) in [6, 6.07) is 8.94. The van der Waals surface area contributed by atoms with Crippen molar-refractivity contribution >= 4 is 34.1 Å². The Labute approximate surface area is 136 Å². The Morgan fingerprint density at radius 3 is 2.64 bits per heavy atom. The van der Waals surface area contributed by atoms with Crippen molar-refractivity contribution in [3.05, 3.63) is 62.9 Å². The summed E-state index contributed by atoms with van der Waals surface area (Å²) >= 11 is 11.8. The first-order chi connectivity index (χ1) is 10.6. The minimum Gasteiger partial charge on any atom is -0.497 e. The fraction of sp³-hybridized carbons (Fsp3) is 0.133. The van der Waals surface area contributed by atoms with Gasteiger partial charge in [0.15, 0.2) is 5.15 Å². The lowest BCUT2D eigenvalue weighted by Crippen LogP contribution is -2.21. The molecule has 0 saturated heterocycles. The molecule has 3 aromatic rings. The van der Waals surface area contributed by atoms with Crippen LogP contribution in [0.3, 0.4) is 0 Å². The van der Waals surface area contributed by atoms with Gasteiger partial charge in [-0.2, -0.15) is 0 Å². The van der Waals surface area contributed by atoms with Crippen molar-refractivity contribution in [1.29, 1.82) is 0 Å². The smallest absolute Gasteiger partial charge is 0.261 e. The molecule has 112 valence electrons. The van der Waals surface area contributed by atoms with Crippen LogP contribution in [-0.4, -0.2) is 21.6 Å². The lowest BCUT2D eigenvalue weighted by molar-refractivity contribution is 0.414. The van der Waals surface area contributed by atoms with E-state index in [4.69, 9.17) is 27.9 Å². The summed E-state index contributed by atoms with van der Waals surface area (Å²) < 4.78 is 6.61. The number of aromatic nitrogens is 3. The van der Waals surface area contributed by atoms with Gasteiger partial charge in [0, 0.05) is 0 Å². The number of nitrogens with zero attached hydrogens (tertiary/aromatic N) is 3. The standard InChI is InChI=1S/C15H11Cl2N3O2/c1-22-10-4-2-9(3-5-10)7-20-8-18-13-11(15(20)21)6-12(16)19-14(13)17/h2-6,8H,7H2,1H3. The molecule has 7 heteroatoms. The predicted octanol–water partition coefficient (Wildman–Crippen LogP) is 3.16. The zero-order chi connectivity index (χ0) is 15.7. The van der Waals surface area contributed by atoms with Gasteiger partial charge >= 0.3 is 0 Å². The fourth-order valence-electron chi connectivity index (χ4n) is 2.14. The van der Waals surface area contributed by atoms with Crippen LogP contribution >= 0.6 is 23.2 Å². The monoisotopic (exact) mass is 335 g/mol. The summed E-state index contributed by atoms with van der Waals surface area (Å²) in [6.07, 6.45) is 1.45. The second kappa shape index (κ2) is 5.94. The van der Waals surface area contributed by atoms with E-state index >= 15 is 0 Å². The van der Waals surface area contributed by atoms with Gasteiger partial charge in [-0.15, -0.1) is 0 Å². The summed E-state index contributed by atoms with van der Waals surface area (Å²) in [5.74, 6) is 0.761. The highest BCUT2D eigenvalue weighted by atomic mass is 35.5. The van der Waals surface area contributed by atoms with E-state index in [1.807, 2.05) is 24.3 Å². The average molecular weight is 336 g/mol. The Morgan fingerprint density at radius 1 is 1.23 bits per heavy atom. The average Bonchev–Trinajstić information content (AvgIpc) is 2.51. The van der Waals surface area contributed by atoms with Crippen LogP contribution in [0.2, 0.25) is 10.3 Å². The first-order valence-corrected chi connectivity index (χ1v) is 7.18. The van der Waals surface area contributed by atoms with E-state index in [0.29, 0.717) is 17.4 Å². The van der Waals surface area contributed by atoms with E-state index in [0.717, 1.165) is 11.3 Å². The third kappa shape index (κ3) is 2.77. The minimum absolute atomic E-state index is 0.121. The lowest BCUT2D eigenvalue weighted by Gasteiger charge is -2.08. The molecule has 0 amide bonds. The number of fused-ring (bicyclic) bond motifs is 1. The summed E-state index contributed by atoms with van der Waals surface area (Å²) in [5.41, 5.74) is 1.09. The van der Waals surface area contributed by atoms with Crippen molar-refractivity contribution in [3.63, 3.8) is 0 Å². The van der Waals surface area contributed by atoms with Crippen LogP contribution in [0.4, 0.5) is 0 Å². The van der Waals surface area contributed by atoms with Gasteiger partial charge in [0.1, 0.15) is 16.4 Å². The van der Waals surface area contributed by atoms with E-state index < -0.39 is 0 Å². The number of hydrogen-bond donors (Lipinski definition) is 0. The Balaban J connectivity index is 2.04. The predicted molar refractivity (Wildman–Crippen MR) is 85.9 cm³/mol. The molecule has 0 unspecified atom stereocenters. The second-order valence-electron chi connectivity index (χ2n) is 4.66. The molecule has 0 aliphatic rings. The van der Waals surface area contributed by atoms with Gasteiger partial charge in [-0.1, -0.05) is 35.3 Å². The van der Waals surface area contributed by atoms with Crippen LogP contribution < -0.4 is 10.3 Å². The zero-order valence-corrected chi connectivity index (χ0v) is 13.1. The van der Waals surface area contributed by atoms with Crippen molar-refractivity contribution in [2.75, 3.05) is 7.11 Å². The number of methoxy groups -OCH3 is 1. The first kappa shape index (κ1) is 14.8. The molecule has 3 rings (SSSR count). The summed E-state index contributed by atoms with van der Waals surface area (Å²) in [6.45, 7) is 0.392. The van der Waals surface area contributed by atoms with Gasteiger partial charge in [-0.05, 0) is 23.8 Å². The maximum absolute atomic E-state index is 12.5. The zero-order valence-electron chi connectivity index (χ0n) is 11.6. The molecule has 0 spiro atoms. The van der Waals surface area contributed by atoms with E-state index in [1.54, 1.807) is 7.11 Å². The number of pyridine rings is 1. The molecule has 0 fully saturated rings. The van der Waals surface area contributed by atoms with Crippen LogP contribution in [0.15, 0.2) is 41.5 Å². The highest BCUT2D eigenvalue weighted by Gasteiger charge is 2.10. The van der Waals surface area contributed by atoms with Crippen molar-refractivity contribution in [3.8, 4) is 5.75 Å². The maximum Gasteiger partial charge on any atom is 0.261 e. The minimum atomic E-state index is -0.216. The quantitative estimate of drug-likeness (QED) is 0.690. The molecule has 0 N–H and O–H groups in total. The van der Waals surface area contributed by atoms with E-state index in [-0.39, 0.29) is 15.9 Å². The Morgan fingerprint density at radius 2 is 1.95 bits per heavy atom. The molecule has 2 aromatic heterocycles. The molecule has 0 saturated carbocycles. The molecule has 5 nitrogen and oxygen atoms in total. The third-order valence-electron chi connectivity index (χ3n) is 3.25. The molecule has 0 aliphatic heterocycles. The van der Waals surface area contributed by atoms with Crippen molar-refractivity contribution < 1.29 is 4.74 Å². The summed E-state index contributed by atoms with van der Waals surface area (Å²) in [4.78, 5) is 20.6. The highest BCUT2D eigenvalue weighted by Crippen LogP contribution is 2.20. The summed E-state index contributed by atoms with van der Waals surface area (Å²) in [5, 5.41) is 0.635. The molecule has 2 heterocycles. The van der Waals surface area contributed by atoms with Crippen molar-refractivity contribution in [2.45, 2.75) is 6.54 Å². The largest absolute Gasteiger partial charge is 0.497 e. The van der Waals surface area contributed by atoms with Crippen LogP contribution in [0.1, 0.15) is 5.56 Å². The van der Waals surface area contributed by atoms with Crippen LogP contribution in [0, 0.1) is 0 Å². The molecule has 1 aromatic carbocycles. The molecule has 22 heavy (non-hydrogen) atoms. The van der Waals surface area contributed by atoms with E-state index in [9.17, 15) is 4.79 Å². The number of hydrogen-bond acceptors (Lipinski definition) is 4. The van der Waals surface area contributed by atoms with E-state index in [1.165, 1.54) is 17.0 Å². The number of ether oxygens (including phenoxy) is 1. The normalized spacial score (nSPS) is 10.9. The Bertz CT molecular complexity index is 892. The Kier molecular flexibility index (Phi) is 4.00. The van der Waals surface area contributed by atoms with Crippen molar-refractivity contribution in [2.24, 2.45) is 0 Å². The number of halogens is 2. The second-order valence-corrected chi connectivity index (χ2v) is 5.40. The van der Waals surface area contributed by atoms with Gasteiger partial charge in [-0.3, -0.25) is 9.36 Å². The van der Waals surface area contributed by atoms with Crippen LogP contribution in [0.5, 0.6) is 5.75 Å². The van der Waals surface area contributed by atoms with Gasteiger partial charge in [0.05, 0.1) is 25.4 Å². The number of benzene rings is 1. The number of rotatable bonds is 3. The maximum atomic E-state index is 12.5. The van der Waals surface area contributed by atoms with Gasteiger partial charge in [0.25, 0.3) is 5.56 Å². The Hall–Kier alpha value is -2.11. The summed E-state index contributed by atoms with van der Waals surface area (Å²) in [7, 11) is 1.61. The molecular weight excluding hydrogens is 325 g/mol. The fourth-order valence-corrected chi connectivity index (χ4v) is 2.62. The third-order valence-corrected chi connectivity index (χ3v) is 3.71. The molecule has 0 radical (unpaired) electrons. The van der Waals surface area contributed by atoms with Crippen molar-refractivity contribution in [1.82, 2.24) is 14.5 Å². The SMILES string of the molecule is COc1ccc(Cn2cnc3c(Cl)nc(Cl)cc3c2=O)cc1. The first-order valence-electron chi connectivity index (χ1n) is 6.42. The highest BCUT2D eigenvalue weighted by molar-refractivity contribution is 6.36. The topological polar surface area (TPSA) is 57.0 Å². The van der Waals surface area contributed by atoms with Gasteiger partial charge in [0.2, 0.25) is 0 Å². The van der Waals surface area contributed by atoms with Crippen LogP contribution in [-0.2, 0) is 6.54 Å².